The Morgan fingerprint density at radius 2 is 1.57 bits per heavy atom. The lowest BCUT2D eigenvalue weighted by Gasteiger charge is -2.15. The number of aromatic nitrogens is 1. The van der Waals surface area contributed by atoms with Crippen molar-refractivity contribution in [1.82, 2.24) is 4.98 Å². The Morgan fingerprint density at radius 3 is 2.17 bits per heavy atom. The molecule has 0 saturated heterocycles. The van der Waals surface area contributed by atoms with E-state index in [0.29, 0.717) is 17.2 Å². The van der Waals surface area contributed by atoms with Gasteiger partial charge in [-0.3, -0.25) is 0 Å². The number of ether oxygens (including phenoxy) is 3. The Balaban J connectivity index is 2.07. The zero-order valence-electron chi connectivity index (χ0n) is 13.5. The summed E-state index contributed by atoms with van der Waals surface area (Å²) in [5.74, 6) is 1.81. The van der Waals surface area contributed by atoms with Crippen LogP contribution in [0.4, 0.5) is 0 Å². The maximum Gasteiger partial charge on any atom is 0.203 e. The molecule has 0 aliphatic carbocycles. The molecule has 0 aliphatic heterocycles. The highest BCUT2D eigenvalue weighted by Crippen LogP contribution is 2.40. The van der Waals surface area contributed by atoms with E-state index >= 15 is 0 Å². The van der Waals surface area contributed by atoms with Crippen molar-refractivity contribution in [1.29, 1.82) is 0 Å². The van der Waals surface area contributed by atoms with E-state index in [1.165, 1.54) is 0 Å². The topological polar surface area (TPSA) is 43.5 Å². The van der Waals surface area contributed by atoms with Gasteiger partial charge in [0, 0.05) is 11.7 Å². The fourth-order valence-electron chi connectivity index (χ4n) is 2.66. The first-order chi connectivity index (χ1) is 11.2. The van der Waals surface area contributed by atoms with Gasteiger partial charge in [0.1, 0.15) is 0 Å². The molecule has 1 N–H and O–H groups in total. The standard InChI is InChI=1S/C19H19NO3/c1-12(13-5-6-16-14(9-13)7-8-20-16)15-10-17(21-2)19(23-4)18(11-15)22-3/h5-11,20H,1H2,2-4H3. The van der Waals surface area contributed by atoms with Crippen LogP contribution in [0.3, 0.4) is 0 Å². The predicted octanol–water partition coefficient (Wildman–Crippen LogP) is 4.26. The van der Waals surface area contributed by atoms with Crippen molar-refractivity contribution in [3.05, 3.63) is 60.3 Å². The second-order valence-electron chi connectivity index (χ2n) is 5.17. The molecule has 0 atom stereocenters. The first-order valence-corrected chi connectivity index (χ1v) is 7.24. The zero-order valence-corrected chi connectivity index (χ0v) is 13.5. The fourth-order valence-corrected chi connectivity index (χ4v) is 2.66. The molecule has 23 heavy (non-hydrogen) atoms. The number of fused-ring (bicyclic) bond motifs is 1. The van der Waals surface area contributed by atoms with Crippen molar-refractivity contribution in [2.45, 2.75) is 0 Å². The summed E-state index contributed by atoms with van der Waals surface area (Å²) < 4.78 is 16.2. The number of aromatic amines is 1. The summed E-state index contributed by atoms with van der Waals surface area (Å²) in [4.78, 5) is 3.19. The maximum absolute atomic E-state index is 5.41. The molecule has 0 fully saturated rings. The van der Waals surface area contributed by atoms with Gasteiger partial charge in [0.25, 0.3) is 0 Å². The summed E-state index contributed by atoms with van der Waals surface area (Å²) in [5, 5.41) is 1.15. The minimum absolute atomic E-state index is 0.577. The van der Waals surface area contributed by atoms with Gasteiger partial charge in [-0.15, -0.1) is 0 Å². The highest BCUT2D eigenvalue weighted by atomic mass is 16.5. The second kappa shape index (κ2) is 6.08. The SMILES string of the molecule is C=C(c1cc(OC)c(OC)c(OC)c1)c1ccc2[nH]ccc2c1. The van der Waals surface area contributed by atoms with Gasteiger partial charge >= 0.3 is 0 Å². The summed E-state index contributed by atoms with van der Waals surface area (Å²) in [7, 11) is 4.81. The van der Waals surface area contributed by atoms with Crippen LogP contribution in [0.2, 0.25) is 0 Å². The second-order valence-corrected chi connectivity index (χ2v) is 5.17. The molecule has 4 nitrogen and oxygen atoms in total. The van der Waals surface area contributed by atoms with Crippen LogP contribution in [0.5, 0.6) is 17.2 Å². The van der Waals surface area contributed by atoms with E-state index in [4.69, 9.17) is 14.2 Å². The molecule has 2 aromatic carbocycles. The van der Waals surface area contributed by atoms with E-state index < -0.39 is 0 Å². The Labute approximate surface area is 135 Å². The van der Waals surface area contributed by atoms with E-state index in [1.807, 2.05) is 36.5 Å². The lowest BCUT2D eigenvalue weighted by atomic mass is 9.98. The van der Waals surface area contributed by atoms with Crippen LogP contribution in [-0.4, -0.2) is 26.3 Å². The minimum Gasteiger partial charge on any atom is -0.493 e. The smallest absolute Gasteiger partial charge is 0.203 e. The number of methoxy groups -OCH3 is 3. The maximum atomic E-state index is 5.41. The van der Waals surface area contributed by atoms with Gasteiger partial charge < -0.3 is 19.2 Å². The molecule has 4 heteroatoms. The molecule has 1 aromatic heterocycles. The quantitative estimate of drug-likeness (QED) is 0.766. The predicted molar refractivity (Wildman–Crippen MR) is 92.5 cm³/mol. The van der Waals surface area contributed by atoms with Crippen molar-refractivity contribution < 1.29 is 14.2 Å². The van der Waals surface area contributed by atoms with Crippen LogP contribution >= 0.6 is 0 Å². The monoisotopic (exact) mass is 309 g/mol. The van der Waals surface area contributed by atoms with Gasteiger partial charge in [-0.05, 0) is 52.4 Å². The van der Waals surface area contributed by atoms with E-state index in [-0.39, 0.29) is 0 Å². The van der Waals surface area contributed by atoms with Crippen LogP contribution in [-0.2, 0) is 0 Å². The van der Waals surface area contributed by atoms with Crippen molar-refractivity contribution in [2.24, 2.45) is 0 Å². The Bertz CT molecular complexity index is 839. The van der Waals surface area contributed by atoms with Crippen molar-refractivity contribution >= 4 is 16.5 Å². The molecule has 0 spiro atoms. The van der Waals surface area contributed by atoms with Crippen LogP contribution in [0, 0.1) is 0 Å². The summed E-state index contributed by atoms with van der Waals surface area (Å²) in [5.41, 5.74) is 3.97. The molecule has 118 valence electrons. The van der Waals surface area contributed by atoms with Crippen molar-refractivity contribution in [3.63, 3.8) is 0 Å². The van der Waals surface area contributed by atoms with Gasteiger partial charge in [0.15, 0.2) is 11.5 Å². The summed E-state index contributed by atoms with van der Waals surface area (Å²) in [6, 6.07) is 12.1. The molecule has 0 radical (unpaired) electrons. The number of nitrogens with one attached hydrogen (secondary N) is 1. The van der Waals surface area contributed by atoms with E-state index in [1.54, 1.807) is 21.3 Å². The molecule has 0 aliphatic rings. The molecule has 3 aromatic rings. The number of rotatable bonds is 5. The zero-order chi connectivity index (χ0) is 16.4. The highest BCUT2D eigenvalue weighted by Gasteiger charge is 2.15. The average molecular weight is 309 g/mol. The molecule has 3 rings (SSSR count). The normalized spacial score (nSPS) is 10.6. The lowest BCUT2D eigenvalue weighted by molar-refractivity contribution is 0.324. The Kier molecular flexibility index (Phi) is 3.98. The third-order valence-electron chi connectivity index (χ3n) is 3.91. The van der Waals surface area contributed by atoms with Crippen LogP contribution in [0.1, 0.15) is 11.1 Å². The van der Waals surface area contributed by atoms with E-state index in [0.717, 1.165) is 27.6 Å². The number of hydrogen-bond donors (Lipinski definition) is 1. The Hall–Kier alpha value is -2.88. The van der Waals surface area contributed by atoms with E-state index in [9.17, 15) is 0 Å². The van der Waals surface area contributed by atoms with Crippen LogP contribution < -0.4 is 14.2 Å². The molecule has 0 amide bonds. The molecule has 1 heterocycles. The number of benzene rings is 2. The van der Waals surface area contributed by atoms with E-state index in [2.05, 4.69) is 17.6 Å². The summed E-state index contributed by atoms with van der Waals surface area (Å²) in [6.45, 7) is 4.23. The largest absolute Gasteiger partial charge is 0.493 e. The molecule has 0 bridgehead atoms. The van der Waals surface area contributed by atoms with Crippen LogP contribution in [0.15, 0.2) is 49.2 Å². The molecule has 0 saturated carbocycles. The first-order valence-electron chi connectivity index (χ1n) is 7.24. The fraction of sp³-hybridized carbons (Fsp3) is 0.158. The number of H-pyrrole nitrogens is 1. The lowest BCUT2D eigenvalue weighted by Crippen LogP contribution is -1.97. The highest BCUT2D eigenvalue weighted by molar-refractivity contribution is 5.88. The van der Waals surface area contributed by atoms with Gasteiger partial charge in [0.05, 0.1) is 21.3 Å². The summed E-state index contributed by atoms with van der Waals surface area (Å²) in [6.07, 6.45) is 1.93. The van der Waals surface area contributed by atoms with Gasteiger partial charge in [-0.25, -0.2) is 0 Å². The van der Waals surface area contributed by atoms with Crippen molar-refractivity contribution in [3.8, 4) is 17.2 Å². The average Bonchev–Trinajstić information content (AvgIpc) is 3.07. The molecular formula is C19H19NO3. The third-order valence-corrected chi connectivity index (χ3v) is 3.91. The van der Waals surface area contributed by atoms with Gasteiger partial charge in [-0.2, -0.15) is 0 Å². The first kappa shape index (κ1) is 15.0. The third kappa shape index (κ3) is 2.63. The minimum atomic E-state index is 0.577. The van der Waals surface area contributed by atoms with Gasteiger partial charge in [0.2, 0.25) is 5.75 Å². The van der Waals surface area contributed by atoms with Crippen LogP contribution in [0.25, 0.3) is 16.5 Å². The molecule has 0 unspecified atom stereocenters. The number of hydrogen-bond acceptors (Lipinski definition) is 3. The Morgan fingerprint density at radius 1 is 0.870 bits per heavy atom. The van der Waals surface area contributed by atoms with Crippen molar-refractivity contribution in [2.75, 3.05) is 21.3 Å². The summed E-state index contributed by atoms with van der Waals surface area (Å²) >= 11 is 0. The van der Waals surface area contributed by atoms with Gasteiger partial charge in [-0.1, -0.05) is 12.6 Å². The molecular weight excluding hydrogens is 290 g/mol.